The average molecular weight is 501 g/mol. The number of aromatic nitrogens is 1. The summed E-state index contributed by atoms with van der Waals surface area (Å²) in [6.45, 7) is 1.79. The quantitative estimate of drug-likeness (QED) is 0.174. The highest BCUT2D eigenvalue weighted by atomic mass is 32.2. The molecule has 1 aromatic heterocycles. The van der Waals surface area contributed by atoms with Gasteiger partial charge in [0.15, 0.2) is 18.4 Å². The van der Waals surface area contributed by atoms with E-state index in [2.05, 4.69) is 5.10 Å². The van der Waals surface area contributed by atoms with Crippen LogP contribution in [0.25, 0.3) is 0 Å². The van der Waals surface area contributed by atoms with Crippen LogP contribution in [-0.4, -0.2) is 55.3 Å². The molecule has 1 heterocycles. The van der Waals surface area contributed by atoms with Crippen molar-refractivity contribution in [2.24, 2.45) is 5.10 Å². The second-order valence-electron chi connectivity index (χ2n) is 7.70. The summed E-state index contributed by atoms with van der Waals surface area (Å²) in [7, 11) is -6.82. The number of pyridine rings is 1. The molecule has 3 N–H and O–H groups in total. The molecule has 1 aromatic carbocycles. The Morgan fingerprint density at radius 2 is 1.64 bits per heavy atom. The van der Waals surface area contributed by atoms with Crippen LogP contribution in [0.4, 0.5) is 5.69 Å². The van der Waals surface area contributed by atoms with Crippen molar-refractivity contribution in [3.63, 3.8) is 0 Å². The summed E-state index contributed by atoms with van der Waals surface area (Å²) in [5.41, 5.74) is 1.50. The topological polar surface area (TPSA) is 148 Å². The molecule has 2 aromatic rings. The lowest BCUT2D eigenvalue weighted by Crippen LogP contribution is -2.48. The Morgan fingerprint density at radius 3 is 2.15 bits per heavy atom. The summed E-state index contributed by atoms with van der Waals surface area (Å²) < 4.78 is 66.6. The number of phenols is 1. The van der Waals surface area contributed by atoms with E-state index in [0.29, 0.717) is 6.42 Å². The van der Waals surface area contributed by atoms with Crippen molar-refractivity contribution >= 4 is 32.1 Å². The molecule has 0 saturated heterocycles. The predicted octanol–water partition coefficient (Wildman–Crippen LogP) is 2.42. The lowest BCUT2D eigenvalue weighted by molar-refractivity contribution is -0.723. The summed E-state index contributed by atoms with van der Waals surface area (Å²) in [4.78, 5) is 0. The maximum atomic E-state index is 12.0. The molecule has 0 aliphatic heterocycles. The first-order chi connectivity index (χ1) is 15.4. The van der Waals surface area contributed by atoms with Crippen molar-refractivity contribution in [3.05, 3.63) is 54.4 Å². The highest BCUT2D eigenvalue weighted by Gasteiger charge is 2.37. The van der Waals surface area contributed by atoms with Gasteiger partial charge in [-0.05, 0) is 37.1 Å². The molecule has 33 heavy (non-hydrogen) atoms. The average Bonchev–Trinajstić information content (AvgIpc) is 2.73. The number of benzene rings is 1. The number of hydrogen-bond donors (Lipinski definition) is 3. The minimum atomic E-state index is -4.39. The Balaban J connectivity index is 2.23. The van der Waals surface area contributed by atoms with Gasteiger partial charge < -0.3 is 5.11 Å². The number of rotatable bonds is 12. The molecule has 0 fully saturated rings. The number of nitrogens with zero attached hydrogens (tertiary/aromatic N) is 3. The molecule has 0 radical (unpaired) electrons. The maximum absolute atomic E-state index is 12.0. The third kappa shape index (κ3) is 8.72. The van der Waals surface area contributed by atoms with Crippen LogP contribution >= 0.6 is 0 Å². The van der Waals surface area contributed by atoms with E-state index in [1.807, 2.05) is 0 Å². The first-order valence-corrected chi connectivity index (χ1v) is 13.5. The normalized spacial score (nSPS) is 14.3. The van der Waals surface area contributed by atoms with Crippen molar-refractivity contribution < 1.29 is 35.6 Å². The van der Waals surface area contributed by atoms with Gasteiger partial charge in [0.1, 0.15) is 11.0 Å². The van der Waals surface area contributed by atoms with Gasteiger partial charge in [0.05, 0.1) is 17.7 Å². The molecule has 2 atom stereocenters. The van der Waals surface area contributed by atoms with E-state index in [1.54, 1.807) is 78.6 Å². The van der Waals surface area contributed by atoms with Crippen molar-refractivity contribution in [2.45, 2.75) is 43.9 Å². The monoisotopic (exact) mass is 500 g/mol. The zero-order valence-corrected chi connectivity index (χ0v) is 20.2. The van der Waals surface area contributed by atoms with E-state index in [4.69, 9.17) is 4.55 Å². The van der Waals surface area contributed by atoms with Crippen molar-refractivity contribution in [3.8, 4) is 5.75 Å². The summed E-state index contributed by atoms with van der Waals surface area (Å²) in [5.74, 6) is -0.343. The second kappa shape index (κ2) is 11.5. The van der Waals surface area contributed by atoms with Crippen LogP contribution in [0, 0.1) is 0 Å². The molecule has 12 heteroatoms. The Bertz CT molecular complexity index is 1130. The molecule has 0 bridgehead atoms. The Hall–Kier alpha value is -2.54. The van der Waals surface area contributed by atoms with Gasteiger partial charge in [-0.15, -0.1) is 0 Å². The molecule has 182 valence electrons. The molecule has 0 aliphatic carbocycles. The molecule has 2 rings (SSSR count). The summed E-state index contributed by atoms with van der Waals surface area (Å²) >= 11 is 0. The van der Waals surface area contributed by atoms with Gasteiger partial charge in [-0.2, -0.15) is 21.9 Å². The molecule has 0 spiro atoms. The van der Waals surface area contributed by atoms with Crippen LogP contribution < -0.4 is 9.58 Å². The van der Waals surface area contributed by atoms with E-state index in [-0.39, 0.29) is 25.0 Å². The zero-order valence-electron chi connectivity index (χ0n) is 18.5. The minimum Gasteiger partial charge on any atom is -0.508 e. The number of hydrogen-bond acceptors (Lipinski definition) is 7. The fourth-order valence-electron chi connectivity index (χ4n) is 3.47. The summed E-state index contributed by atoms with van der Waals surface area (Å²) in [6.07, 6.45) is 5.77. The van der Waals surface area contributed by atoms with E-state index in [0.717, 1.165) is 11.3 Å². The zero-order chi connectivity index (χ0) is 24.6. The molecule has 0 aliphatic rings. The minimum absolute atomic E-state index is 0.0346. The standard InChI is InChI=1S/C21H29N3O7S2/c1-3-5-21(33(29,30)31)20(6-4-15-32(26,27)28)24-13-11-17(12-14-24)16-22-23(2)18-7-9-19(25)10-8-18/h7-14,16,20-21H,3-6,15H2,1-2H3,(H2-,22,25,26,27,28,29,30,31)/p+1. The first-order valence-electron chi connectivity index (χ1n) is 10.4. The van der Waals surface area contributed by atoms with Gasteiger partial charge in [0, 0.05) is 31.2 Å². The molecule has 2 unspecified atom stereocenters. The van der Waals surface area contributed by atoms with Crippen LogP contribution in [0.3, 0.4) is 0 Å². The van der Waals surface area contributed by atoms with Gasteiger partial charge in [-0.25, -0.2) is 4.57 Å². The number of aromatic hydroxyl groups is 1. The SMILES string of the molecule is CCCC(C(CCCS(=O)(=O)O)[n+]1ccc(C=NN(C)c2ccc(O)cc2)cc1)S(=O)(=O)O. The molecular formula is C21H30N3O7S2+. The fourth-order valence-corrected chi connectivity index (χ4v) is 5.21. The highest BCUT2D eigenvalue weighted by Crippen LogP contribution is 2.23. The first kappa shape index (κ1) is 26.7. The van der Waals surface area contributed by atoms with E-state index in [1.165, 1.54) is 0 Å². The lowest BCUT2D eigenvalue weighted by atomic mass is 10.0. The van der Waals surface area contributed by atoms with Gasteiger partial charge in [0.25, 0.3) is 20.2 Å². The van der Waals surface area contributed by atoms with Crippen LogP contribution in [0.15, 0.2) is 53.9 Å². The summed E-state index contributed by atoms with van der Waals surface area (Å²) in [6, 6.07) is 9.26. The largest absolute Gasteiger partial charge is 0.508 e. The fraction of sp³-hybridized carbons (Fsp3) is 0.429. The second-order valence-corrected chi connectivity index (χ2v) is 10.9. The molecular weight excluding hydrogens is 470 g/mol. The maximum Gasteiger partial charge on any atom is 0.274 e. The number of anilines is 1. The highest BCUT2D eigenvalue weighted by molar-refractivity contribution is 7.86. The van der Waals surface area contributed by atoms with Crippen molar-refractivity contribution in [1.82, 2.24) is 0 Å². The van der Waals surface area contributed by atoms with Crippen LogP contribution in [-0.2, 0) is 20.2 Å². The van der Waals surface area contributed by atoms with Crippen LogP contribution in [0.2, 0.25) is 0 Å². The molecule has 10 nitrogen and oxygen atoms in total. The van der Waals surface area contributed by atoms with Gasteiger partial charge in [-0.3, -0.25) is 14.1 Å². The third-order valence-corrected chi connectivity index (χ3v) is 7.27. The number of hydrazone groups is 1. The van der Waals surface area contributed by atoms with E-state index < -0.39 is 37.3 Å². The number of phenolic OH excluding ortho intramolecular Hbond substituents is 1. The Labute approximate surface area is 194 Å². The Kier molecular flexibility index (Phi) is 9.35. The molecule has 0 saturated carbocycles. The van der Waals surface area contributed by atoms with Crippen LogP contribution in [0.5, 0.6) is 5.75 Å². The smallest absolute Gasteiger partial charge is 0.274 e. The van der Waals surface area contributed by atoms with Gasteiger partial charge >= 0.3 is 0 Å². The van der Waals surface area contributed by atoms with Gasteiger partial charge in [0.2, 0.25) is 0 Å². The van der Waals surface area contributed by atoms with Crippen molar-refractivity contribution in [2.75, 3.05) is 17.8 Å². The summed E-state index contributed by atoms with van der Waals surface area (Å²) in [5, 5.41) is 14.2. The van der Waals surface area contributed by atoms with E-state index in [9.17, 15) is 26.5 Å². The third-order valence-electron chi connectivity index (χ3n) is 5.15. The Morgan fingerprint density at radius 1 is 1.03 bits per heavy atom. The van der Waals surface area contributed by atoms with Crippen molar-refractivity contribution in [1.29, 1.82) is 0 Å². The van der Waals surface area contributed by atoms with Crippen LogP contribution in [0.1, 0.15) is 44.2 Å². The van der Waals surface area contributed by atoms with E-state index >= 15 is 0 Å². The molecule has 0 amide bonds. The lowest BCUT2D eigenvalue weighted by Gasteiger charge is -2.20. The predicted molar refractivity (Wildman–Crippen MR) is 126 cm³/mol. The van der Waals surface area contributed by atoms with Gasteiger partial charge in [-0.1, -0.05) is 13.3 Å².